The second kappa shape index (κ2) is 16.7. The van der Waals surface area contributed by atoms with Crippen LogP contribution in [0.4, 0.5) is 20.3 Å². The number of fused-ring (bicyclic) bond motifs is 4. The standard InChI is InChI=1S/C45H51F2N11O5/c1-45(58-25-35(39(53-58)41(46)47)49-44(61)34-22-48-57-19-14-36(50-42(34)57)56-24-31-21-29(56)26-63-31)15-10-27(11-16-45)23-55-17-12-30(13-18-55)62-20-4-6-28-5-3-7-32-38(52-54(2)40(28)32)33-8-9-37(59)51-43(33)60/h3,5,7,14,19,22,25,27,29-31,33,41H,8-13,15-18,20-21,23-24,26H2,1-2H3,(H,49,61)(H,51,59,60)/t27?,29-,31-,33?,45?/m1/s1. The number of hydrogen-bond acceptors (Lipinski definition) is 11. The Hall–Kier alpha value is -5.77. The van der Waals surface area contributed by atoms with E-state index in [0.29, 0.717) is 43.3 Å². The van der Waals surface area contributed by atoms with Gasteiger partial charge < -0.3 is 24.6 Å². The second-order valence-electron chi connectivity index (χ2n) is 18.0. The van der Waals surface area contributed by atoms with E-state index in [1.54, 1.807) is 21.8 Å². The van der Waals surface area contributed by atoms with Crippen LogP contribution in [0.25, 0.3) is 16.6 Å². The summed E-state index contributed by atoms with van der Waals surface area (Å²) in [6.07, 6.45) is 9.10. The van der Waals surface area contributed by atoms with Gasteiger partial charge in [0.25, 0.3) is 12.3 Å². The zero-order valence-electron chi connectivity index (χ0n) is 35.4. The molecule has 0 radical (unpaired) electrons. The normalized spacial score (nSPS) is 25.6. The van der Waals surface area contributed by atoms with Gasteiger partial charge in [-0.1, -0.05) is 24.0 Å². The molecule has 2 N–H and O–H groups in total. The van der Waals surface area contributed by atoms with Crippen molar-refractivity contribution in [2.45, 2.75) is 101 Å². The molecule has 4 saturated heterocycles. The number of aryl methyl sites for hydroxylation is 1. The Morgan fingerprint density at radius 2 is 1.94 bits per heavy atom. The average molecular weight is 864 g/mol. The molecule has 1 unspecified atom stereocenters. The van der Waals surface area contributed by atoms with Gasteiger partial charge in [0.05, 0.1) is 65.0 Å². The Labute approximate surface area is 362 Å². The summed E-state index contributed by atoms with van der Waals surface area (Å²) in [5.41, 5.74) is 1.94. The quantitative estimate of drug-likeness (QED) is 0.144. The monoisotopic (exact) mass is 863 g/mol. The van der Waals surface area contributed by atoms with Gasteiger partial charge in [0, 0.05) is 57.4 Å². The highest BCUT2D eigenvalue weighted by Gasteiger charge is 2.40. The summed E-state index contributed by atoms with van der Waals surface area (Å²) >= 11 is 0. The predicted octanol–water partition coefficient (Wildman–Crippen LogP) is 4.94. The number of carbonyl (C=O) groups excluding carboxylic acids is 3. The number of nitrogens with one attached hydrogen (secondary N) is 2. The number of amides is 3. The Bertz CT molecular complexity index is 2630. The molecule has 63 heavy (non-hydrogen) atoms. The second-order valence-corrected chi connectivity index (χ2v) is 18.0. The number of halogens is 2. The third kappa shape index (κ3) is 8.06. The zero-order chi connectivity index (χ0) is 43.4. The molecule has 1 saturated carbocycles. The van der Waals surface area contributed by atoms with Crippen molar-refractivity contribution in [3.8, 4) is 11.8 Å². The largest absolute Gasteiger partial charge is 0.374 e. The first kappa shape index (κ1) is 41.3. The summed E-state index contributed by atoms with van der Waals surface area (Å²) in [7, 11) is 1.84. The Morgan fingerprint density at radius 1 is 1.11 bits per heavy atom. The lowest BCUT2D eigenvalue weighted by Crippen LogP contribution is -2.42. The fourth-order valence-corrected chi connectivity index (χ4v) is 10.3. The summed E-state index contributed by atoms with van der Waals surface area (Å²) in [5, 5.41) is 19.3. The fourth-order valence-electron chi connectivity index (χ4n) is 10.3. The molecule has 5 aliphatic rings. The van der Waals surface area contributed by atoms with Crippen LogP contribution in [-0.2, 0) is 31.6 Å². The third-order valence-corrected chi connectivity index (χ3v) is 13.9. The van der Waals surface area contributed by atoms with Gasteiger partial charge in [-0.2, -0.15) is 15.3 Å². The number of ether oxygens (including phenoxy) is 2. The van der Waals surface area contributed by atoms with Crippen molar-refractivity contribution in [3.63, 3.8) is 0 Å². The minimum Gasteiger partial charge on any atom is -0.374 e. The van der Waals surface area contributed by atoms with Crippen molar-refractivity contribution in [1.82, 2.24) is 44.4 Å². The maximum absolute atomic E-state index is 14.4. The minimum absolute atomic E-state index is 0.00896. The SMILES string of the molecule is Cn1nc(C2CCC(=O)NC2=O)c2cccc(C#CCOC3CCN(CC4CCC(C)(n5cc(NC(=O)c6cnn7ccc(N8C[C@H]9C[C@@H]8CO9)nc67)c(C(F)F)n5)CC4)CC3)c21. The number of hydrogen-bond donors (Lipinski definition) is 2. The van der Waals surface area contributed by atoms with E-state index in [1.807, 2.05) is 31.3 Å². The smallest absolute Gasteiger partial charge is 0.284 e. The molecule has 4 aromatic heterocycles. The van der Waals surface area contributed by atoms with E-state index in [-0.39, 0.29) is 41.3 Å². The van der Waals surface area contributed by atoms with Gasteiger partial charge in [-0.05, 0) is 76.3 Å². The van der Waals surface area contributed by atoms with E-state index in [2.05, 4.69) is 54.5 Å². The molecule has 5 fully saturated rings. The van der Waals surface area contributed by atoms with E-state index in [4.69, 9.17) is 14.5 Å². The number of likely N-dealkylation sites (tertiary alicyclic amines) is 1. The molecule has 16 nitrogen and oxygen atoms in total. The Balaban J connectivity index is 0.708. The van der Waals surface area contributed by atoms with Crippen LogP contribution in [0.15, 0.2) is 42.9 Å². The summed E-state index contributed by atoms with van der Waals surface area (Å²) in [4.78, 5) is 47.3. The molecular weight excluding hydrogens is 813 g/mol. The molecule has 8 heterocycles. The topological polar surface area (TPSA) is 166 Å². The molecule has 5 aromatic rings. The maximum Gasteiger partial charge on any atom is 0.284 e. The number of aromatic nitrogens is 7. The van der Waals surface area contributed by atoms with E-state index in [9.17, 15) is 23.2 Å². The van der Waals surface area contributed by atoms with Crippen LogP contribution in [0.1, 0.15) is 104 Å². The number of benzene rings is 1. The highest BCUT2D eigenvalue weighted by Crippen LogP contribution is 2.40. The van der Waals surface area contributed by atoms with E-state index in [1.165, 1.54) is 10.7 Å². The number of piperidine rings is 2. The molecule has 4 aliphatic heterocycles. The lowest BCUT2D eigenvalue weighted by molar-refractivity contribution is -0.134. The Morgan fingerprint density at radius 3 is 2.68 bits per heavy atom. The van der Waals surface area contributed by atoms with Crippen molar-refractivity contribution in [1.29, 1.82) is 0 Å². The van der Waals surface area contributed by atoms with Gasteiger partial charge in [0.2, 0.25) is 11.8 Å². The molecule has 330 valence electrons. The van der Waals surface area contributed by atoms with Gasteiger partial charge in [0.1, 0.15) is 18.0 Å². The highest BCUT2D eigenvalue weighted by atomic mass is 19.3. The Kier molecular flexibility index (Phi) is 11.0. The number of nitrogens with zero attached hydrogens (tertiary/aromatic N) is 9. The molecule has 2 bridgehead atoms. The molecule has 1 aliphatic carbocycles. The molecule has 18 heteroatoms. The van der Waals surface area contributed by atoms with Crippen molar-refractivity contribution < 1.29 is 32.6 Å². The number of morpholine rings is 1. The average Bonchev–Trinajstić information content (AvgIpc) is 4.13. The van der Waals surface area contributed by atoms with Crippen LogP contribution in [-0.4, -0.2) is 114 Å². The van der Waals surface area contributed by atoms with Crippen LogP contribution in [0.5, 0.6) is 0 Å². The van der Waals surface area contributed by atoms with Crippen molar-refractivity contribution in [2.24, 2.45) is 13.0 Å². The van der Waals surface area contributed by atoms with Crippen LogP contribution < -0.4 is 15.5 Å². The van der Waals surface area contributed by atoms with Gasteiger partial charge in [-0.15, -0.1) is 0 Å². The number of alkyl halides is 2. The first-order valence-corrected chi connectivity index (χ1v) is 22.0. The molecule has 1 aromatic carbocycles. The van der Waals surface area contributed by atoms with Crippen molar-refractivity contribution >= 4 is 45.8 Å². The number of anilines is 2. The van der Waals surface area contributed by atoms with Crippen molar-refractivity contribution in [3.05, 3.63) is 65.4 Å². The first-order valence-electron chi connectivity index (χ1n) is 22.0. The van der Waals surface area contributed by atoms with Crippen LogP contribution >= 0.6 is 0 Å². The van der Waals surface area contributed by atoms with Gasteiger partial charge in [-0.3, -0.25) is 29.1 Å². The summed E-state index contributed by atoms with van der Waals surface area (Å²) in [5.74, 6) is 6.05. The molecular formula is C45H51F2N11O5. The van der Waals surface area contributed by atoms with Gasteiger partial charge in [-0.25, -0.2) is 18.3 Å². The van der Waals surface area contributed by atoms with E-state index >= 15 is 0 Å². The molecule has 3 amide bonds. The first-order chi connectivity index (χ1) is 30.5. The summed E-state index contributed by atoms with van der Waals surface area (Å²) in [6.45, 7) is 6.59. The minimum atomic E-state index is -2.87. The summed E-state index contributed by atoms with van der Waals surface area (Å²) in [6, 6.07) is 7.91. The van der Waals surface area contributed by atoms with Gasteiger partial charge >= 0.3 is 0 Å². The van der Waals surface area contributed by atoms with E-state index < -0.39 is 29.5 Å². The predicted molar refractivity (Wildman–Crippen MR) is 227 cm³/mol. The van der Waals surface area contributed by atoms with Crippen LogP contribution in [0.3, 0.4) is 0 Å². The number of carbonyl (C=O) groups is 3. The lowest BCUT2D eigenvalue weighted by atomic mass is 9.77. The number of para-hydroxylation sites is 1. The van der Waals surface area contributed by atoms with Crippen molar-refractivity contribution in [2.75, 3.05) is 49.6 Å². The van der Waals surface area contributed by atoms with Crippen LogP contribution in [0, 0.1) is 17.8 Å². The number of imide groups is 1. The fraction of sp³-hybridized carbons (Fsp3) is 0.533. The van der Waals surface area contributed by atoms with Crippen LogP contribution in [0.2, 0.25) is 0 Å². The van der Waals surface area contributed by atoms with Gasteiger partial charge in [0.15, 0.2) is 11.3 Å². The molecule has 0 spiro atoms. The summed E-state index contributed by atoms with van der Waals surface area (Å²) < 4.78 is 45.7. The molecule has 10 rings (SSSR count). The zero-order valence-corrected chi connectivity index (χ0v) is 35.4. The number of rotatable bonds is 10. The lowest BCUT2D eigenvalue weighted by Gasteiger charge is -2.40. The molecule has 3 atom stereocenters. The highest BCUT2D eigenvalue weighted by molar-refractivity contribution is 6.08. The van der Waals surface area contributed by atoms with E-state index in [0.717, 1.165) is 93.4 Å². The third-order valence-electron chi connectivity index (χ3n) is 13.9. The maximum atomic E-state index is 14.4.